The molecule has 3 rings (SSSR count). The van der Waals surface area contributed by atoms with Gasteiger partial charge in [0, 0.05) is 18.2 Å². The Balaban J connectivity index is 1.74. The molecule has 0 heterocycles. The Morgan fingerprint density at radius 3 is 2.16 bits per heavy atom. The number of benzene rings is 3. The highest BCUT2D eigenvalue weighted by molar-refractivity contribution is 7.87. The second kappa shape index (κ2) is 9.90. The van der Waals surface area contributed by atoms with Crippen molar-refractivity contribution in [2.45, 2.75) is 31.3 Å². The molecule has 0 atom stereocenters. The summed E-state index contributed by atoms with van der Waals surface area (Å²) in [5, 5.41) is 0.663. The summed E-state index contributed by atoms with van der Waals surface area (Å²) in [5.74, 6) is -0.652. The van der Waals surface area contributed by atoms with Crippen LogP contribution in [0.3, 0.4) is 0 Å². The number of halogens is 3. The molecule has 0 aliphatic heterocycles. The highest BCUT2D eigenvalue weighted by Gasteiger charge is 2.21. The molecule has 0 aliphatic carbocycles. The van der Waals surface area contributed by atoms with E-state index in [1.165, 1.54) is 18.2 Å². The van der Waals surface area contributed by atoms with Crippen LogP contribution in [0.15, 0.2) is 71.6 Å². The largest absolute Gasteiger partial charge is 0.379 e. The Morgan fingerprint density at radius 1 is 0.969 bits per heavy atom. The lowest BCUT2D eigenvalue weighted by atomic mass is 10.1. The maximum Gasteiger partial charge on any atom is 0.339 e. The van der Waals surface area contributed by atoms with Gasteiger partial charge in [-0.15, -0.1) is 0 Å². The van der Waals surface area contributed by atoms with Crippen LogP contribution in [0.25, 0.3) is 0 Å². The molecule has 9 heteroatoms. The molecule has 32 heavy (non-hydrogen) atoms. The van der Waals surface area contributed by atoms with E-state index in [2.05, 4.69) is 0 Å². The summed E-state index contributed by atoms with van der Waals surface area (Å²) in [6, 6.07) is 15.3. The smallest absolute Gasteiger partial charge is 0.339 e. The predicted octanol–water partition coefficient (Wildman–Crippen LogP) is 5.95. The van der Waals surface area contributed by atoms with E-state index in [1.54, 1.807) is 29.2 Å². The van der Waals surface area contributed by atoms with Crippen LogP contribution in [0, 0.1) is 5.82 Å². The molecular formula is C23H20Cl2FNO4S. The van der Waals surface area contributed by atoms with Crippen molar-refractivity contribution >= 4 is 39.2 Å². The lowest BCUT2D eigenvalue weighted by Crippen LogP contribution is -2.36. The SMILES string of the molecule is CC(C)N(Cc1ccc(OS(=O)(=O)c2ccc(F)cc2)cc1)C(=O)c1ccc(Cl)c(Cl)c1. The lowest BCUT2D eigenvalue weighted by molar-refractivity contribution is 0.0690. The molecule has 0 fully saturated rings. The Labute approximate surface area is 196 Å². The van der Waals surface area contributed by atoms with Gasteiger partial charge in [-0.05, 0) is 74.0 Å². The average Bonchev–Trinajstić information content (AvgIpc) is 2.74. The molecule has 3 aromatic carbocycles. The van der Waals surface area contributed by atoms with E-state index in [4.69, 9.17) is 27.4 Å². The van der Waals surface area contributed by atoms with Crippen LogP contribution in [0.1, 0.15) is 29.8 Å². The third-order valence-corrected chi connectivity index (χ3v) is 6.64. The fraction of sp³-hybridized carbons (Fsp3) is 0.174. The minimum absolute atomic E-state index is 0.102. The number of rotatable bonds is 7. The fourth-order valence-corrected chi connectivity index (χ4v) is 4.14. The number of hydrogen-bond acceptors (Lipinski definition) is 4. The van der Waals surface area contributed by atoms with E-state index in [1.807, 2.05) is 13.8 Å². The second-order valence-electron chi connectivity index (χ2n) is 7.29. The van der Waals surface area contributed by atoms with Crippen molar-refractivity contribution in [1.29, 1.82) is 0 Å². The molecule has 0 aliphatic rings. The van der Waals surface area contributed by atoms with Crippen molar-refractivity contribution in [3.8, 4) is 5.75 Å². The zero-order chi connectivity index (χ0) is 23.5. The average molecular weight is 496 g/mol. The predicted molar refractivity (Wildman–Crippen MR) is 122 cm³/mol. The van der Waals surface area contributed by atoms with E-state index in [0.29, 0.717) is 22.2 Å². The van der Waals surface area contributed by atoms with Crippen LogP contribution < -0.4 is 4.18 Å². The molecule has 0 bridgehead atoms. The molecule has 0 saturated heterocycles. The highest BCUT2D eigenvalue weighted by Crippen LogP contribution is 2.25. The van der Waals surface area contributed by atoms with Gasteiger partial charge in [0.15, 0.2) is 0 Å². The van der Waals surface area contributed by atoms with Crippen LogP contribution in [-0.4, -0.2) is 25.3 Å². The van der Waals surface area contributed by atoms with E-state index >= 15 is 0 Å². The summed E-state index contributed by atoms with van der Waals surface area (Å²) in [6.45, 7) is 4.08. The monoisotopic (exact) mass is 495 g/mol. The van der Waals surface area contributed by atoms with Crippen molar-refractivity contribution in [3.05, 3.63) is 93.7 Å². The van der Waals surface area contributed by atoms with Crippen LogP contribution >= 0.6 is 23.2 Å². The number of amides is 1. The van der Waals surface area contributed by atoms with Crippen molar-refractivity contribution in [2.75, 3.05) is 0 Å². The summed E-state index contributed by atoms with van der Waals surface area (Å²) in [6.07, 6.45) is 0. The van der Waals surface area contributed by atoms with E-state index in [0.717, 1.165) is 29.8 Å². The first kappa shape index (κ1) is 24.0. The van der Waals surface area contributed by atoms with Gasteiger partial charge in [0.2, 0.25) is 0 Å². The highest BCUT2D eigenvalue weighted by atomic mass is 35.5. The van der Waals surface area contributed by atoms with Crippen molar-refractivity contribution in [3.63, 3.8) is 0 Å². The first-order chi connectivity index (χ1) is 15.1. The summed E-state index contributed by atoms with van der Waals surface area (Å²) in [4.78, 5) is 14.5. The maximum atomic E-state index is 13.0. The molecule has 1 amide bonds. The van der Waals surface area contributed by atoms with E-state index in [-0.39, 0.29) is 22.6 Å². The Morgan fingerprint density at radius 2 is 1.59 bits per heavy atom. The molecule has 168 valence electrons. The van der Waals surface area contributed by atoms with Gasteiger partial charge < -0.3 is 9.08 Å². The first-order valence-corrected chi connectivity index (χ1v) is 11.8. The normalized spacial score (nSPS) is 11.4. The van der Waals surface area contributed by atoms with Gasteiger partial charge in [-0.25, -0.2) is 4.39 Å². The van der Waals surface area contributed by atoms with Gasteiger partial charge in [-0.1, -0.05) is 35.3 Å². The Hall–Kier alpha value is -2.61. The van der Waals surface area contributed by atoms with Gasteiger partial charge in [0.05, 0.1) is 10.0 Å². The van der Waals surface area contributed by atoms with Gasteiger partial charge in [0.1, 0.15) is 16.5 Å². The second-order valence-corrected chi connectivity index (χ2v) is 9.65. The Bertz CT molecular complexity index is 1210. The number of nitrogens with zero attached hydrogens (tertiary/aromatic N) is 1. The Kier molecular flexibility index (Phi) is 7.44. The van der Waals surface area contributed by atoms with E-state index in [9.17, 15) is 17.6 Å². The molecule has 0 saturated carbocycles. The molecule has 5 nitrogen and oxygen atoms in total. The quantitative estimate of drug-likeness (QED) is 0.379. The molecule has 0 unspecified atom stereocenters. The van der Waals surface area contributed by atoms with Crippen LogP contribution in [0.4, 0.5) is 4.39 Å². The zero-order valence-corrected chi connectivity index (χ0v) is 19.6. The first-order valence-electron chi connectivity index (χ1n) is 9.62. The van der Waals surface area contributed by atoms with Crippen LogP contribution in [0.2, 0.25) is 10.0 Å². The van der Waals surface area contributed by atoms with Gasteiger partial charge >= 0.3 is 10.1 Å². The molecule has 3 aromatic rings. The molecule has 0 aromatic heterocycles. The lowest BCUT2D eigenvalue weighted by Gasteiger charge is -2.27. The molecule has 0 radical (unpaired) electrons. The van der Waals surface area contributed by atoms with Crippen molar-refractivity contribution in [2.24, 2.45) is 0 Å². The molecular weight excluding hydrogens is 476 g/mol. The van der Waals surface area contributed by atoms with Gasteiger partial charge in [0.25, 0.3) is 5.91 Å². The number of carbonyl (C=O) groups is 1. The van der Waals surface area contributed by atoms with Gasteiger partial charge in [-0.2, -0.15) is 8.42 Å². The third-order valence-electron chi connectivity index (χ3n) is 4.64. The van der Waals surface area contributed by atoms with Crippen molar-refractivity contribution < 1.29 is 21.8 Å². The standard InChI is InChI=1S/C23H20Cl2FNO4S/c1-15(2)27(23(28)17-5-12-21(24)22(25)13-17)14-16-3-8-19(9-4-16)31-32(29,30)20-10-6-18(26)7-11-20/h3-13,15H,14H2,1-2H3. The van der Waals surface area contributed by atoms with Crippen LogP contribution in [0.5, 0.6) is 5.75 Å². The molecule has 0 spiro atoms. The van der Waals surface area contributed by atoms with E-state index < -0.39 is 15.9 Å². The molecule has 0 N–H and O–H groups in total. The zero-order valence-electron chi connectivity index (χ0n) is 17.3. The van der Waals surface area contributed by atoms with Crippen molar-refractivity contribution in [1.82, 2.24) is 4.90 Å². The summed E-state index contributed by atoms with van der Waals surface area (Å²) in [5.41, 5.74) is 1.19. The van der Waals surface area contributed by atoms with Gasteiger partial charge in [-0.3, -0.25) is 4.79 Å². The minimum atomic E-state index is -4.09. The minimum Gasteiger partial charge on any atom is -0.379 e. The summed E-state index contributed by atoms with van der Waals surface area (Å²) >= 11 is 12.0. The topological polar surface area (TPSA) is 63.7 Å². The summed E-state index contributed by atoms with van der Waals surface area (Å²) < 4.78 is 42.8. The third kappa shape index (κ3) is 5.79. The van der Waals surface area contributed by atoms with Crippen LogP contribution in [-0.2, 0) is 16.7 Å². The number of hydrogen-bond donors (Lipinski definition) is 0. The maximum absolute atomic E-state index is 13.0. The summed E-state index contributed by atoms with van der Waals surface area (Å²) in [7, 11) is -4.09. The number of carbonyl (C=O) groups excluding carboxylic acids is 1. The fourth-order valence-electron chi connectivity index (χ4n) is 2.91.